The number of nitrogens with one attached hydrogen (secondary N) is 1. The van der Waals surface area contributed by atoms with Crippen LogP contribution < -0.4 is 5.32 Å². The van der Waals surface area contributed by atoms with E-state index in [1.165, 1.54) is 25.1 Å². The second-order valence-electron chi connectivity index (χ2n) is 4.17. The Morgan fingerprint density at radius 3 is 2.87 bits per heavy atom. The topological polar surface area (TPSA) is 24.9 Å². The molecule has 0 radical (unpaired) electrons. The molecule has 1 aliphatic rings. The van der Waals surface area contributed by atoms with Crippen molar-refractivity contribution in [1.82, 2.24) is 10.3 Å². The number of nitrogens with zero attached hydrogens (tertiary/aromatic N) is 1. The number of halogens is 1. The van der Waals surface area contributed by atoms with Crippen LogP contribution >= 0.6 is 0 Å². The molecule has 0 saturated heterocycles. The fourth-order valence-corrected chi connectivity index (χ4v) is 1.92. The molecular formula is C12H17FN2. The van der Waals surface area contributed by atoms with Crippen LogP contribution in [-0.4, -0.2) is 17.6 Å². The van der Waals surface area contributed by atoms with E-state index in [0.717, 1.165) is 24.6 Å². The Hall–Kier alpha value is -0.960. The standard InChI is InChI=1S/C12H17FN2/c1-2-14-12(9-3-4-9)7-11-6-5-10(13)8-15-11/h5-6,8-9,12,14H,2-4,7H2,1H3. The molecule has 1 aromatic heterocycles. The highest BCUT2D eigenvalue weighted by atomic mass is 19.1. The lowest BCUT2D eigenvalue weighted by molar-refractivity contribution is 0.467. The van der Waals surface area contributed by atoms with Crippen LogP contribution in [0.15, 0.2) is 18.3 Å². The predicted molar refractivity (Wildman–Crippen MR) is 58.1 cm³/mol. The van der Waals surface area contributed by atoms with Crippen molar-refractivity contribution in [2.75, 3.05) is 6.54 Å². The molecule has 82 valence electrons. The average Bonchev–Trinajstić information content (AvgIpc) is 3.04. The third kappa shape index (κ3) is 2.99. The summed E-state index contributed by atoms with van der Waals surface area (Å²) < 4.78 is 12.7. The minimum absolute atomic E-state index is 0.259. The molecular weight excluding hydrogens is 191 g/mol. The van der Waals surface area contributed by atoms with Gasteiger partial charge in [-0.1, -0.05) is 6.92 Å². The lowest BCUT2D eigenvalue weighted by atomic mass is 10.1. The normalized spacial score (nSPS) is 17.7. The molecule has 0 spiro atoms. The summed E-state index contributed by atoms with van der Waals surface area (Å²) in [6.45, 7) is 3.11. The van der Waals surface area contributed by atoms with Crippen LogP contribution in [0.1, 0.15) is 25.5 Å². The number of rotatable bonds is 5. The summed E-state index contributed by atoms with van der Waals surface area (Å²) in [5, 5.41) is 3.47. The number of pyridine rings is 1. The molecule has 0 amide bonds. The van der Waals surface area contributed by atoms with E-state index in [-0.39, 0.29) is 5.82 Å². The first-order valence-corrected chi connectivity index (χ1v) is 5.63. The predicted octanol–water partition coefficient (Wildman–Crippen LogP) is 2.15. The molecule has 1 aromatic rings. The fraction of sp³-hybridized carbons (Fsp3) is 0.583. The molecule has 1 aliphatic carbocycles. The van der Waals surface area contributed by atoms with E-state index in [1.807, 2.05) is 0 Å². The molecule has 3 heteroatoms. The van der Waals surface area contributed by atoms with Crippen molar-refractivity contribution in [3.05, 3.63) is 29.8 Å². The van der Waals surface area contributed by atoms with Gasteiger partial charge in [0.05, 0.1) is 6.20 Å². The van der Waals surface area contributed by atoms with Crippen molar-refractivity contribution in [2.24, 2.45) is 5.92 Å². The zero-order valence-electron chi connectivity index (χ0n) is 9.04. The van der Waals surface area contributed by atoms with Crippen molar-refractivity contribution in [3.8, 4) is 0 Å². The van der Waals surface area contributed by atoms with E-state index in [9.17, 15) is 4.39 Å². The monoisotopic (exact) mass is 208 g/mol. The van der Waals surface area contributed by atoms with Gasteiger partial charge in [0.15, 0.2) is 0 Å². The number of likely N-dealkylation sites (N-methyl/N-ethyl adjacent to an activating group) is 1. The van der Waals surface area contributed by atoms with Crippen molar-refractivity contribution in [1.29, 1.82) is 0 Å². The maximum atomic E-state index is 12.7. The van der Waals surface area contributed by atoms with Gasteiger partial charge in [-0.05, 0) is 37.4 Å². The van der Waals surface area contributed by atoms with Gasteiger partial charge >= 0.3 is 0 Å². The second-order valence-corrected chi connectivity index (χ2v) is 4.17. The maximum Gasteiger partial charge on any atom is 0.141 e. The van der Waals surface area contributed by atoms with Gasteiger partial charge in [0.2, 0.25) is 0 Å². The Balaban J connectivity index is 1.95. The molecule has 0 aromatic carbocycles. The maximum absolute atomic E-state index is 12.7. The minimum Gasteiger partial charge on any atom is -0.314 e. The molecule has 1 N–H and O–H groups in total. The summed E-state index contributed by atoms with van der Waals surface area (Å²) in [5.74, 6) is 0.543. The first-order chi connectivity index (χ1) is 7.29. The SMILES string of the molecule is CCNC(Cc1ccc(F)cn1)C1CC1. The van der Waals surface area contributed by atoms with Crippen LogP contribution in [-0.2, 0) is 6.42 Å². The summed E-state index contributed by atoms with van der Waals surface area (Å²) in [4.78, 5) is 4.10. The largest absolute Gasteiger partial charge is 0.314 e. The van der Waals surface area contributed by atoms with Gasteiger partial charge in [-0.3, -0.25) is 4.98 Å². The molecule has 1 heterocycles. The van der Waals surface area contributed by atoms with E-state index in [1.54, 1.807) is 6.07 Å². The van der Waals surface area contributed by atoms with Crippen LogP contribution in [0.25, 0.3) is 0 Å². The van der Waals surface area contributed by atoms with Crippen LogP contribution in [0.3, 0.4) is 0 Å². The average molecular weight is 208 g/mol. The Labute approximate surface area is 89.9 Å². The highest BCUT2D eigenvalue weighted by molar-refractivity contribution is 5.08. The van der Waals surface area contributed by atoms with Crippen LogP contribution in [0.2, 0.25) is 0 Å². The lowest BCUT2D eigenvalue weighted by Crippen LogP contribution is -2.33. The second kappa shape index (κ2) is 4.71. The molecule has 0 aliphatic heterocycles. The Bertz CT molecular complexity index is 306. The van der Waals surface area contributed by atoms with Crippen molar-refractivity contribution < 1.29 is 4.39 Å². The first-order valence-electron chi connectivity index (χ1n) is 5.63. The van der Waals surface area contributed by atoms with Crippen molar-refractivity contribution in [3.63, 3.8) is 0 Å². The quantitative estimate of drug-likeness (QED) is 0.802. The molecule has 1 unspecified atom stereocenters. The van der Waals surface area contributed by atoms with Crippen molar-refractivity contribution >= 4 is 0 Å². The number of aromatic nitrogens is 1. The smallest absolute Gasteiger partial charge is 0.141 e. The summed E-state index contributed by atoms with van der Waals surface area (Å²) >= 11 is 0. The van der Waals surface area contributed by atoms with E-state index in [2.05, 4.69) is 17.2 Å². The van der Waals surface area contributed by atoms with Gasteiger partial charge < -0.3 is 5.32 Å². The summed E-state index contributed by atoms with van der Waals surface area (Å²) in [7, 11) is 0. The Morgan fingerprint density at radius 1 is 1.53 bits per heavy atom. The van der Waals surface area contributed by atoms with E-state index >= 15 is 0 Å². The lowest BCUT2D eigenvalue weighted by Gasteiger charge is -2.16. The molecule has 2 nitrogen and oxygen atoms in total. The highest BCUT2D eigenvalue weighted by Gasteiger charge is 2.30. The van der Waals surface area contributed by atoms with E-state index in [4.69, 9.17) is 0 Å². The van der Waals surface area contributed by atoms with Gasteiger partial charge in [0, 0.05) is 18.2 Å². The third-order valence-electron chi connectivity index (χ3n) is 2.88. The number of hydrogen-bond acceptors (Lipinski definition) is 2. The van der Waals surface area contributed by atoms with Crippen LogP contribution in [0.4, 0.5) is 4.39 Å². The van der Waals surface area contributed by atoms with Gasteiger partial charge in [-0.2, -0.15) is 0 Å². The van der Waals surface area contributed by atoms with E-state index < -0.39 is 0 Å². The highest BCUT2D eigenvalue weighted by Crippen LogP contribution is 2.33. The van der Waals surface area contributed by atoms with Crippen LogP contribution in [0, 0.1) is 11.7 Å². The molecule has 0 bridgehead atoms. The van der Waals surface area contributed by atoms with Gasteiger partial charge in [0.25, 0.3) is 0 Å². The van der Waals surface area contributed by atoms with Crippen LogP contribution in [0.5, 0.6) is 0 Å². The Kier molecular flexibility index (Phi) is 3.31. The zero-order chi connectivity index (χ0) is 10.7. The Morgan fingerprint density at radius 2 is 2.33 bits per heavy atom. The molecule has 15 heavy (non-hydrogen) atoms. The van der Waals surface area contributed by atoms with Crippen molar-refractivity contribution in [2.45, 2.75) is 32.2 Å². The summed E-state index contributed by atoms with van der Waals surface area (Å²) in [6.07, 6.45) is 4.85. The van der Waals surface area contributed by atoms with Gasteiger partial charge in [-0.25, -0.2) is 4.39 Å². The third-order valence-corrected chi connectivity index (χ3v) is 2.88. The number of hydrogen-bond donors (Lipinski definition) is 1. The molecule has 1 fully saturated rings. The zero-order valence-corrected chi connectivity index (χ0v) is 9.04. The minimum atomic E-state index is -0.259. The summed E-state index contributed by atoms with van der Waals surface area (Å²) in [6, 6.07) is 3.79. The van der Waals surface area contributed by atoms with Gasteiger partial charge in [0.1, 0.15) is 5.82 Å². The fourth-order valence-electron chi connectivity index (χ4n) is 1.92. The molecule has 1 atom stereocenters. The molecule has 1 saturated carbocycles. The first kappa shape index (κ1) is 10.6. The summed E-state index contributed by atoms with van der Waals surface area (Å²) in [5.41, 5.74) is 0.981. The van der Waals surface area contributed by atoms with Gasteiger partial charge in [-0.15, -0.1) is 0 Å². The molecule has 2 rings (SSSR count). The van der Waals surface area contributed by atoms with E-state index in [0.29, 0.717) is 6.04 Å².